The molecule has 0 fully saturated rings. The van der Waals surface area contributed by atoms with Gasteiger partial charge >= 0.3 is 0 Å². The van der Waals surface area contributed by atoms with Gasteiger partial charge in [-0.2, -0.15) is 0 Å². The van der Waals surface area contributed by atoms with E-state index >= 15 is 0 Å². The second-order valence-electron chi connectivity index (χ2n) is 2.25. The van der Waals surface area contributed by atoms with Gasteiger partial charge in [0.15, 0.2) is 0 Å². The number of benzene rings is 1. The second kappa shape index (κ2) is 2.93. The molecule has 1 rings (SSSR count). The van der Waals surface area contributed by atoms with Gasteiger partial charge in [0.05, 0.1) is 0 Å². The summed E-state index contributed by atoms with van der Waals surface area (Å²) in [6.45, 7) is 1.85. The van der Waals surface area contributed by atoms with Crippen LogP contribution in [0.1, 0.15) is 11.1 Å². The van der Waals surface area contributed by atoms with Crippen molar-refractivity contribution in [2.75, 3.05) is 0 Å². The second-order valence-corrected chi connectivity index (χ2v) is 2.52. The normalized spacial score (nSPS) is 9.80. The highest BCUT2D eigenvalue weighted by atomic mass is 35.5. The largest absolute Gasteiger partial charge is 0.508 e. The zero-order valence-electron chi connectivity index (χ0n) is 5.76. The molecule has 0 saturated heterocycles. The summed E-state index contributed by atoms with van der Waals surface area (Å²) < 4.78 is 0. The van der Waals surface area contributed by atoms with Gasteiger partial charge in [0, 0.05) is 5.88 Å². The van der Waals surface area contributed by atoms with Crippen molar-refractivity contribution in [1.82, 2.24) is 0 Å². The van der Waals surface area contributed by atoms with Gasteiger partial charge in [-0.3, -0.25) is 0 Å². The number of aromatic hydroxyl groups is 1. The summed E-state index contributed by atoms with van der Waals surface area (Å²) in [4.78, 5) is 0. The molecule has 0 aromatic heterocycles. The fourth-order valence-corrected chi connectivity index (χ4v) is 0.967. The van der Waals surface area contributed by atoms with E-state index in [9.17, 15) is 0 Å². The maximum absolute atomic E-state index is 9.10. The molecule has 0 radical (unpaired) electrons. The van der Waals surface area contributed by atoms with Gasteiger partial charge in [-0.25, -0.2) is 0 Å². The lowest BCUT2D eigenvalue weighted by Crippen LogP contribution is -1.79. The maximum Gasteiger partial charge on any atom is 0.118 e. The number of alkyl halides is 1. The highest BCUT2D eigenvalue weighted by molar-refractivity contribution is 6.17. The first kappa shape index (κ1) is 7.42. The lowest BCUT2D eigenvalue weighted by Gasteiger charge is -1.99. The first-order valence-electron chi connectivity index (χ1n) is 3.08. The van der Waals surface area contributed by atoms with E-state index in [-0.39, 0.29) is 0 Å². The van der Waals surface area contributed by atoms with Crippen LogP contribution in [0, 0.1) is 6.92 Å². The molecule has 0 unspecified atom stereocenters. The summed E-state index contributed by atoms with van der Waals surface area (Å²) >= 11 is 5.57. The van der Waals surface area contributed by atoms with Gasteiger partial charge in [0.25, 0.3) is 0 Å². The Morgan fingerprint density at radius 1 is 1.50 bits per heavy atom. The van der Waals surface area contributed by atoms with Crippen molar-refractivity contribution in [3.63, 3.8) is 0 Å². The molecule has 1 N–H and O–H groups in total. The molecular formula is C8H9ClO. The minimum absolute atomic E-state index is 0.328. The first-order chi connectivity index (χ1) is 4.74. The number of hydrogen-bond acceptors (Lipinski definition) is 1. The summed E-state index contributed by atoms with van der Waals surface area (Å²) in [6, 6.07) is 5.35. The van der Waals surface area contributed by atoms with E-state index in [1.807, 2.05) is 19.1 Å². The molecule has 2 heteroatoms. The highest BCUT2D eigenvalue weighted by Crippen LogP contribution is 2.17. The molecule has 0 amide bonds. The zero-order valence-corrected chi connectivity index (χ0v) is 6.52. The van der Waals surface area contributed by atoms with Gasteiger partial charge in [-0.1, -0.05) is 12.1 Å². The molecule has 1 aromatic rings. The standard InChI is InChI=1S/C8H9ClO/c1-6-4-7(5-9)2-3-8(6)10/h2-4,10H,5H2,1H3. The number of rotatable bonds is 1. The van der Waals surface area contributed by atoms with Crippen LogP contribution in [0.2, 0.25) is 0 Å². The average molecular weight is 157 g/mol. The Morgan fingerprint density at radius 3 is 2.70 bits per heavy atom. The molecule has 0 saturated carbocycles. The van der Waals surface area contributed by atoms with E-state index in [0.29, 0.717) is 11.6 Å². The highest BCUT2D eigenvalue weighted by Gasteiger charge is 1.95. The molecule has 10 heavy (non-hydrogen) atoms. The summed E-state index contributed by atoms with van der Waals surface area (Å²) in [6.07, 6.45) is 0. The number of phenolic OH excluding ortho intramolecular Hbond substituents is 1. The van der Waals surface area contributed by atoms with Crippen molar-refractivity contribution in [2.24, 2.45) is 0 Å². The van der Waals surface area contributed by atoms with E-state index in [1.54, 1.807) is 6.07 Å². The third kappa shape index (κ3) is 1.42. The molecule has 1 aromatic carbocycles. The lowest BCUT2D eigenvalue weighted by atomic mass is 10.1. The van der Waals surface area contributed by atoms with Gasteiger partial charge in [0.1, 0.15) is 5.75 Å². The summed E-state index contributed by atoms with van der Waals surface area (Å²) in [5.41, 5.74) is 1.91. The molecule has 1 nitrogen and oxygen atoms in total. The van der Waals surface area contributed by atoms with Crippen molar-refractivity contribution in [1.29, 1.82) is 0 Å². The summed E-state index contributed by atoms with van der Waals surface area (Å²) in [5.74, 6) is 0.829. The van der Waals surface area contributed by atoms with E-state index in [0.717, 1.165) is 11.1 Å². The molecule has 0 heterocycles. The minimum atomic E-state index is 0.328. The molecular weight excluding hydrogens is 148 g/mol. The molecule has 0 aliphatic carbocycles. The molecule has 0 atom stereocenters. The van der Waals surface area contributed by atoms with E-state index < -0.39 is 0 Å². The topological polar surface area (TPSA) is 20.2 Å². The van der Waals surface area contributed by atoms with Crippen molar-refractivity contribution in [3.05, 3.63) is 29.3 Å². The van der Waals surface area contributed by atoms with E-state index in [2.05, 4.69) is 0 Å². The number of hydrogen-bond donors (Lipinski definition) is 1. The van der Waals surface area contributed by atoms with Crippen LogP contribution in [0.4, 0.5) is 0 Å². The fraction of sp³-hybridized carbons (Fsp3) is 0.250. The van der Waals surface area contributed by atoms with Crippen LogP contribution in [-0.2, 0) is 5.88 Å². The molecule has 0 aliphatic heterocycles. The average Bonchev–Trinajstić information content (AvgIpc) is 1.95. The predicted molar refractivity (Wildman–Crippen MR) is 42.4 cm³/mol. The maximum atomic E-state index is 9.10. The fourth-order valence-electron chi connectivity index (χ4n) is 0.801. The van der Waals surface area contributed by atoms with Gasteiger partial charge < -0.3 is 5.11 Å². The predicted octanol–water partition coefficient (Wildman–Crippen LogP) is 2.44. The van der Waals surface area contributed by atoms with Crippen LogP contribution in [0.3, 0.4) is 0 Å². The summed E-state index contributed by atoms with van der Waals surface area (Å²) in [5, 5.41) is 9.10. The Balaban J connectivity index is 3.04. The van der Waals surface area contributed by atoms with Crippen molar-refractivity contribution < 1.29 is 5.11 Å². The minimum Gasteiger partial charge on any atom is -0.508 e. The van der Waals surface area contributed by atoms with E-state index in [4.69, 9.17) is 16.7 Å². The van der Waals surface area contributed by atoms with Crippen molar-refractivity contribution in [3.8, 4) is 5.75 Å². The molecule has 0 aliphatic rings. The zero-order chi connectivity index (χ0) is 7.56. The van der Waals surface area contributed by atoms with Crippen LogP contribution in [0.15, 0.2) is 18.2 Å². The molecule has 54 valence electrons. The van der Waals surface area contributed by atoms with Gasteiger partial charge in [0.2, 0.25) is 0 Å². The van der Waals surface area contributed by atoms with Crippen LogP contribution in [0.5, 0.6) is 5.75 Å². The number of phenols is 1. The van der Waals surface area contributed by atoms with Crippen LogP contribution >= 0.6 is 11.6 Å². The summed E-state index contributed by atoms with van der Waals surface area (Å²) in [7, 11) is 0. The number of halogens is 1. The quantitative estimate of drug-likeness (QED) is 0.620. The Labute approximate surface area is 65.3 Å². The van der Waals surface area contributed by atoms with Crippen LogP contribution in [-0.4, -0.2) is 5.11 Å². The van der Waals surface area contributed by atoms with Gasteiger partial charge in [-0.15, -0.1) is 11.6 Å². The Bertz CT molecular complexity index is 233. The first-order valence-corrected chi connectivity index (χ1v) is 3.62. The lowest BCUT2D eigenvalue weighted by molar-refractivity contribution is 0.471. The molecule has 0 spiro atoms. The van der Waals surface area contributed by atoms with E-state index in [1.165, 1.54) is 0 Å². The smallest absolute Gasteiger partial charge is 0.118 e. The van der Waals surface area contributed by atoms with Crippen LogP contribution < -0.4 is 0 Å². The third-order valence-electron chi connectivity index (χ3n) is 1.42. The monoisotopic (exact) mass is 156 g/mol. The molecule has 0 bridgehead atoms. The van der Waals surface area contributed by atoms with Crippen LogP contribution in [0.25, 0.3) is 0 Å². The SMILES string of the molecule is Cc1cc(CCl)ccc1O. The van der Waals surface area contributed by atoms with Crippen molar-refractivity contribution >= 4 is 11.6 Å². The number of aryl methyl sites for hydroxylation is 1. The van der Waals surface area contributed by atoms with Crippen molar-refractivity contribution in [2.45, 2.75) is 12.8 Å². The third-order valence-corrected chi connectivity index (χ3v) is 1.72. The Kier molecular flexibility index (Phi) is 2.17. The van der Waals surface area contributed by atoms with Gasteiger partial charge in [-0.05, 0) is 24.1 Å². The Hall–Kier alpha value is -0.690. The Morgan fingerprint density at radius 2 is 2.20 bits per heavy atom.